The second kappa shape index (κ2) is 8.43. The molecule has 0 fully saturated rings. The second-order valence-corrected chi connectivity index (χ2v) is 6.31. The predicted octanol–water partition coefficient (Wildman–Crippen LogP) is 1.86. The van der Waals surface area contributed by atoms with E-state index < -0.39 is 0 Å². The molecule has 0 radical (unpaired) electrons. The highest BCUT2D eigenvalue weighted by Crippen LogP contribution is 2.17. The third kappa shape index (κ3) is 4.59. The minimum Gasteiger partial charge on any atom is -0.494 e. The minimum atomic E-state index is -0.336. The fourth-order valence-corrected chi connectivity index (χ4v) is 2.83. The molecule has 0 aliphatic rings. The van der Waals surface area contributed by atoms with E-state index in [9.17, 15) is 14.4 Å². The number of carbonyl (C=O) groups is 2. The first-order valence-corrected chi connectivity index (χ1v) is 8.98. The van der Waals surface area contributed by atoms with Gasteiger partial charge in [0.1, 0.15) is 5.75 Å². The number of aromatic amines is 2. The molecule has 146 valence electrons. The van der Waals surface area contributed by atoms with E-state index in [2.05, 4.69) is 20.6 Å². The molecule has 0 saturated carbocycles. The van der Waals surface area contributed by atoms with Gasteiger partial charge in [0, 0.05) is 5.56 Å². The van der Waals surface area contributed by atoms with Crippen molar-refractivity contribution in [2.45, 2.75) is 19.9 Å². The number of hydrogen-bond donors (Lipinski definition) is 4. The SMILES string of the molecule is CCOc1ccc(C(=O)NCC(=O)NC(C)c2ccc3[nH]c(=O)[nH]c3c2)cc1. The number of H-pyrrole nitrogens is 2. The molecule has 1 atom stereocenters. The first kappa shape index (κ1) is 19.2. The van der Waals surface area contributed by atoms with E-state index in [1.807, 2.05) is 19.9 Å². The van der Waals surface area contributed by atoms with Gasteiger partial charge in [-0.15, -0.1) is 0 Å². The van der Waals surface area contributed by atoms with Crippen LogP contribution >= 0.6 is 0 Å². The van der Waals surface area contributed by atoms with Crippen LogP contribution in [0.2, 0.25) is 0 Å². The zero-order chi connectivity index (χ0) is 20.1. The minimum absolute atomic E-state index is 0.139. The Bertz CT molecular complexity index is 1040. The highest BCUT2D eigenvalue weighted by Gasteiger charge is 2.13. The Morgan fingerprint density at radius 3 is 2.50 bits per heavy atom. The van der Waals surface area contributed by atoms with Crippen LogP contribution < -0.4 is 21.1 Å². The highest BCUT2D eigenvalue weighted by atomic mass is 16.5. The van der Waals surface area contributed by atoms with E-state index >= 15 is 0 Å². The van der Waals surface area contributed by atoms with Gasteiger partial charge in [-0.25, -0.2) is 4.79 Å². The third-order valence-electron chi connectivity index (χ3n) is 4.25. The molecule has 1 aromatic heterocycles. The van der Waals surface area contributed by atoms with Crippen molar-refractivity contribution >= 4 is 22.8 Å². The standard InChI is InChI=1S/C20H22N4O4/c1-3-28-15-7-4-13(5-8-15)19(26)21-11-18(25)22-12(2)14-6-9-16-17(10-14)24-20(27)23-16/h4-10,12H,3,11H2,1-2H3,(H,21,26)(H,22,25)(H2,23,24,27). The van der Waals surface area contributed by atoms with Crippen LogP contribution in [0.3, 0.4) is 0 Å². The summed E-state index contributed by atoms with van der Waals surface area (Å²) >= 11 is 0. The zero-order valence-corrected chi connectivity index (χ0v) is 15.7. The molecule has 0 bridgehead atoms. The molecule has 4 N–H and O–H groups in total. The molecule has 0 spiro atoms. The average molecular weight is 382 g/mol. The molecular weight excluding hydrogens is 360 g/mol. The molecule has 0 aliphatic heterocycles. The molecule has 8 nitrogen and oxygen atoms in total. The van der Waals surface area contributed by atoms with Crippen molar-refractivity contribution in [3.05, 3.63) is 64.1 Å². The summed E-state index contributed by atoms with van der Waals surface area (Å²) < 4.78 is 5.34. The molecule has 28 heavy (non-hydrogen) atoms. The van der Waals surface area contributed by atoms with E-state index in [4.69, 9.17) is 4.74 Å². The average Bonchev–Trinajstić information content (AvgIpc) is 3.06. The van der Waals surface area contributed by atoms with Gasteiger partial charge in [0.25, 0.3) is 5.91 Å². The maximum Gasteiger partial charge on any atom is 0.323 e. The number of rotatable bonds is 7. The van der Waals surface area contributed by atoms with Gasteiger partial charge in [0.05, 0.1) is 30.2 Å². The van der Waals surface area contributed by atoms with Gasteiger partial charge in [-0.3, -0.25) is 9.59 Å². The summed E-state index contributed by atoms with van der Waals surface area (Å²) in [5.74, 6) is 0.0398. The van der Waals surface area contributed by atoms with Crippen LogP contribution in [-0.4, -0.2) is 34.9 Å². The molecular formula is C20H22N4O4. The van der Waals surface area contributed by atoms with Gasteiger partial charge in [0.15, 0.2) is 0 Å². The summed E-state index contributed by atoms with van der Waals surface area (Å²) in [4.78, 5) is 41.0. The maximum absolute atomic E-state index is 12.2. The Morgan fingerprint density at radius 1 is 1.07 bits per heavy atom. The molecule has 8 heteroatoms. The smallest absolute Gasteiger partial charge is 0.323 e. The van der Waals surface area contributed by atoms with Crippen molar-refractivity contribution in [2.75, 3.05) is 13.2 Å². The van der Waals surface area contributed by atoms with Crippen LogP contribution in [0.1, 0.15) is 35.8 Å². The molecule has 2 amide bonds. The Labute approximate surface area is 161 Å². The van der Waals surface area contributed by atoms with Crippen LogP contribution in [-0.2, 0) is 4.79 Å². The van der Waals surface area contributed by atoms with E-state index in [1.165, 1.54) is 0 Å². The number of aromatic nitrogens is 2. The van der Waals surface area contributed by atoms with E-state index in [0.717, 1.165) is 5.56 Å². The summed E-state index contributed by atoms with van der Waals surface area (Å²) in [5, 5.41) is 5.42. The van der Waals surface area contributed by atoms with E-state index in [1.54, 1.807) is 36.4 Å². The van der Waals surface area contributed by atoms with Crippen molar-refractivity contribution in [3.63, 3.8) is 0 Å². The molecule has 3 rings (SSSR count). The summed E-state index contributed by atoms with van der Waals surface area (Å²) in [7, 11) is 0. The third-order valence-corrected chi connectivity index (χ3v) is 4.25. The highest BCUT2D eigenvalue weighted by molar-refractivity contribution is 5.96. The van der Waals surface area contributed by atoms with E-state index in [-0.39, 0.29) is 30.1 Å². The number of hydrogen-bond acceptors (Lipinski definition) is 4. The number of carbonyl (C=O) groups excluding carboxylic acids is 2. The Hall–Kier alpha value is -3.55. The van der Waals surface area contributed by atoms with Crippen molar-refractivity contribution < 1.29 is 14.3 Å². The number of fused-ring (bicyclic) bond motifs is 1. The Morgan fingerprint density at radius 2 is 1.79 bits per heavy atom. The van der Waals surface area contributed by atoms with Gasteiger partial charge in [0.2, 0.25) is 5.91 Å². The molecule has 2 aromatic carbocycles. The molecule has 0 saturated heterocycles. The number of nitrogens with one attached hydrogen (secondary N) is 4. The van der Waals surface area contributed by atoms with Crippen molar-refractivity contribution in [1.29, 1.82) is 0 Å². The van der Waals surface area contributed by atoms with Crippen molar-refractivity contribution in [1.82, 2.24) is 20.6 Å². The maximum atomic E-state index is 12.2. The molecule has 3 aromatic rings. The summed E-state index contributed by atoms with van der Waals surface area (Å²) in [6.45, 7) is 4.13. The lowest BCUT2D eigenvalue weighted by molar-refractivity contribution is -0.120. The lowest BCUT2D eigenvalue weighted by Crippen LogP contribution is -2.38. The van der Waals surface area contributed by atoms with Crippen LogP contribution in [0.15, 0.2) is 47.3 Å². The Balaban J connectivity index is 1.53. The largest absolute Gasteiger partial charge is 0.494 e. The van der Waals surface area contributed by atoms with Gasteiger partial charge >= 0.3 is 5.69 Å². The quantitative estimate of drug-likeness (QED) is 0.499. The van der Waals surface area contributed by atoms with Crippen LogP contribution in [0.25, 0.3) is 11.0 Å². The summed E-state index contributed by atoms with van der Waals surface area (Å²) in [6, 6.07) is 11.8. The summed E-state index contributed by atoms with van der Waals surface area (Å²) in [6.07, 6.45) is 0. The second-order valence-electron chi connectivity index (χ2n) is 6.31. The first-order valence-electron chi connectivity index (χ1n) is 8.98. The van der Waals surface area contributed by atoms with Gasteiger partial charge in [-0.2, -0.15) is 0 Å². The van der Waals surface area contributed by atoms with Crippen LogP contribution in [0.4, 0.5) is 0 Å². The van der Waals surface area contributed by atoms with E-state index in [0.29, 0.717) is 29.0 Å². The lowest BCUT2D eigenvalue weighted by atomic mass is 10.1. The van der Waals surface area contributed by atoms with Gasteiger partial charge in [-0.1, -0.05) is 6.07 Å². The number of imidazole rings is 1. The fourth-order valence-electron chi connectivity index (χ4n) is 2.83. The van der Waals surface area contributed by atoms with Crippen LogP contribution in [0, 0.1) is 0 Å². The monoisotopic (exact) mass is 382 g/mol. The van der Waals surface area contributed by atoms with Gasteiger partial charge in [-0.05, 0) is 55.8 Å². The number of ether oxygens (including phenoxy) is 1. The Kier molecular flexibility index (Phi) is 5.78. The molecule has 1 unspecified atom stereocenters. The van der Waals surface area contributed by atoms with Crippen LogP contribution in [0.5, 0.6) is 5.75 Å². The zero-order valence-electron chi connectivity index (χ0n) is 15.7. The summed E-state index contributed by atoms with van der Waals surface area (Å²) in [5.41, 5.74) is 2.39. The molecule has 0 aliphatic carbocycles. The fraction of sp³-hybridized carbons (Fsp3) is 0.250. The molecule has 1 heterocycles. The predicted molar refractivity (Wildman–Crippen MR) is 105 cm³/mol. The number of amides is 2. The lowest BCUT2D eigenvalue weighted by Gasteiger charge is -2.15. The van der Waals surface area contributed by atoms with Crippen molar-refractivity contribution in [2.24, 2.45) is 0 Å². The van der Waals surface area contributed by atoms with Crippen molar-refractivity contribution in [3.8, 4) is 5.75 Å². The normalized spacial score (nSPS) is 11.8. The topological polar surface area (TPSA) is 116 Å². The number of benzene rings is 2. The first-order chi connectivity index (χ1) is 13.5. The van der Waals surface area contributed by atoms with Gasteiger partial charge < -0.3 is 25.3 Å².